The summed E-state index contributed by atoms with van der Waals surface area (Å²) >= 11 is 0. The number of nitrogens with one attached hydrogen (secondary N) is 2. The lowest BCUT2D eigenvalue weighted by atomic mass is 9.87. The average Bonchev–Trinajstić information content (AvgIpc) is 2.59. The lowest BCUT2D eigenvalue weighted by Gasteiger charge is -2.19. The Morgan fingerprint density at radius 3 is 2.29 bits per heavy atom. The molecule has 2 rings (SSSR count). The number of hydrogen-bond donors (Lipinski definition) is 2. The molecule has 0 saturated carbocycles. The highest BCUT2D eigenvalue weighted by Gasteiger charge is 2.17. The van der Waals surface area contributed by atoms with Gasteiger partial charge in [0.05, 0.1) is 4.90 Å². The predicted octanol–water partition coefficient (Wildman–Crippen LogP) is 3.61. The van der Waals surface area contributed by atoms with Crippen molar-refractivity contribution in [1.82, 2.24) is 4.72 Å². The second-order valence-corrected chi connectivity index (χ2v) is 9.42. The molecule has 28 heavy (non-hydrogen) atoms. The van der Waals surface area contributed by atoms with E-state index in [9.17, 15) is 13.2 Å². The first-order valence-electron chi connectivity index (χ1n) is 9.10. The minimum absolute atomic E-state index is 0.0673. The second kappa shape index (κ2) is 8.75. The van der Waals surface area contributed by atoms with Gasteiger partial charge in [-0.1, -0.05) is 39.0 Å². The molecule has 0 aliphatic rings. The lowest BCUT2D eigenvalue weighted by Crippen LogP contribution is -2.29. The molecule has 1 amide bonds. The smallest absolute Gasteiger partial charge is 0.241 e. The fourth-order valence-electron chi connectivity index (χ4n) is 2.64. The SMILES string of the molecule is CC(=O)Nc1ccc(C)c(S(=O)(=O)NCCOc2ccc(C(C)(C)C)cc2)c1. The molecule has 7 heteroatoms. The Balaban J connectivity index is 1.96. The van der Waals surface area contributed by atoms with Crippen molar-refractivity contribution in [3.8, 4) is 5.75 Å². The molecular weight excluding hydrogens is 376 g/mol. The fourth-order valence-corrected chi connectivity index (χ4v) is 3.93. The first-order chi connectivity index (χ1) is 13.0. The van der Waals surface area contributed by atoms with E-state index in [2.05, 4.69) is 30.8 Å². The molecule has 0 fully saturated rings. The van der Waals surface area contributed by atoms with E-state index in [1.807, 2.05) is 24.3 Å². The summed E-state index contributed by atoms with van der Waals surface area (Å²) in [7, 11) is -3.71. The van der Waals surface area contributed by atoms with E-state index >= 15 is 0 Å². The summed E-state index contributed by atoms with van der Waals surface area (Å²) in [6, 6.07) is 12.6. The number of amides is 1. The molecule has 0 spiro atoms. The van der Waals surface area contributed by atoms with Crippen molar-refractivity contribution in [3.05, 3.63) is 53.6 Å². The largest absolute Gasteiger partial charge is 0.492 e. The summed E-state index contributed by atoms with van der Waals surface area (Å²) in [5.41, 5.74) is 2.31. The number of sulfonamides is 1. The zero-order chi connectivity index (χ0) is 20.9. The van der Waals surface area contributed by atoms with Crippen LogP contribution in [-0.4, -0.2) is 27.5 Å². The lowest BCUT2D eigenvalue weighted by molar-refractivity contribution is -0.114. The maximum atomic E-state index is 12.6. The number of carbonyl (C=O) groups is 1. The fraction of sp³-hybridized carbons (Fsp3) is 0.381. The quantitative estimate of drug-likeness (QED) is 0.691. The van der Waals surface area contributed by atoms with Crippen LogP contribution in [0.4, 0.5) is 5.69 Å². The molecule has 2 aromatic carbocycles. The highest BCUT2D eigenvalue weighted by atomic mass is 32.2. The Hall–Kier alpha value is -2.38. The molecule has 0 heterocycles. The molecule has 2 aromatic rings. The topological polar surface area (TPSA) is 84.5 Å². The van der Waals surface area contributed by atoms with Crippen molar-refractivity contribution >= 4 is 21.6 Å². The summed E-state index contributed by atoms with van der Waals surface area (Å²) in [5.74, 6) is 0.432. The van der Waals surface area contributed by atoms with Gasteiger partial charge in [-0.05, 0) is 47.7 Å². The first kappa shape index (κ1) is 21.9. The molecule has 0 unspecified atom stereocenters. The zero-order valence-corrected chi connectivity index (χ0v) is 17.8. The van der Waals surface area contributed by atoms with Gasteiger partial charge in [0.15, 0.2) is 0 Å². The molecular formula is C21H28N2O4S. The third kappa shape index (κ3) is 6.07. The molecule has 0 aliphatic carbocycles. The minimum Gasteiger partial charge on any atom is -0.492 e. The van der Waals surface area contributed by atoms with E-state index in [1.54, 1.807) is 19.1 Å². The van der Waals surface area contributed by atoms with E-state index in [0.717, 1.165) is 0 Å². The van der Waals surface area contributed by atoms with E-state index in [0.29, 0.717) is 17.0 Å². The molecule has 0 bridgehead atoms. The van der Waals surface area contributed by atoms with Gasteiger partial charge < -0.3 is 10.1 Å². The number of aryl methyl sites for hydroxylation is 1. The van der Waals surface area contributed by atoms with Gasteiger partial charge in [-0.3, -0.25) is 4.79 Å². The van der Waals surface area contributed by atoms with Gasteiger partial charge in [0.25, 0.3) is 0 Å². The van der Waals surface area contributed by atoms with Crippen molar-refractivity contribution in [2.75, 3.05) is 18.5 Å². The minimum atomic E-state index is -3.71. The van der Waals surface area contributed by atoms with Crippen molar-refractivity contribution in [2.45, 2.75) is 44.9 Å². The van der Waals surface area contributed by atoms with Gasteiger partial charge in [0.2, 0.25) is 15.9 Å². The maximum Gasteiger partial charge on any atom is 0.241 e. The van der Waals surface area contributed by atoms with Crippen LogP contribution in [0.15, 0.2) is 47.4 Å². The van der Waals surface area contributed by atoms with E-state index in [4.69, 9.17) is 4.74 Å². The van der Waals surface area contributed by atoms with Crippen LogP contribution in [0.25, 0.3) is 0 Å². The molecule has 0 aliphatic heterocycles. The molecule has 0 saturated heterocycles. The van der Waals surface area contributed by atoms with Crippen molar-refractivity contribution in [2.24, 2.45) is 0 Å². The Bertz CT molecular complexity index is 930. The highest BCUT2D eigenvalue weighted by Crippen LogP contribution is 2.24. The van der Waals surface area contributed by atoms with Crippen LogP contribution in [-0.2, 0) is 20.2 Å². The summed E-state index contributed by atoms with van der Waals surface area (Å²) < 4.78 is 33.3. The van der Waals surface area contributed by atoms with Crippen LogP contribution in [0.3, 0.4) is 0 Å². The second-order valence-electron chi connectivity index (χ2n) is 7.68. The van der Waals surface area contributed by atoms with Crippen molar-refractivity contribution < 1.29 is 17.9 Å². The van der Waals surface area contributed by atoms with Gasteiger partial charge in [-0.2, -0.15) is 0 Å². The molecule has 2 N–H and O–H groups in total. The number of anilines is 1. The van der Waals surface area contributed by atoms with Gasteiger partial charge in [0.1, 0.15) is 12.4 Å². The van der Waals surface area contributed by atoms with Gasteiger partial charge >= 0.3 is 0 Å². The van der Waals surface area contributed by atoms with Crippen LogP contribution < -0.4 is 14.8 Å². The van der Waals surface area contributed by atoms with Crippen molar-refractivity contribution in [1.29, 1.82) is 0 Å². The predicted molar refractivity (Wildman–Crippen MR) is 111 cm³/mol. The molecule has 0 radical (unpaired) electrons. The van der Waals surface area contributed by atoms with Crippen molar-refractivity contribution in [3.63, 3.8) is 0 Å². The van der Waals surface area contributed by atoms with Gasteiger partial charge in [0, 0.05) is 19.2 Å². The zero-order valence-electron chi connectivity index (χ0n) is 17.0. The van der Waals surface area contributed by atoms with Crippen LogP contribution in [0, 0.1) is 6.92 Å². The van der Waals surface area contributed by atoms with Crippen LogP contribution >= 0.6 is 0 Å². The Morgan fingerprint density at radius 1 is 1.07 bits per heavy atom. The third-order valence-electron chi connectivity index (χ3n) is 4.18. The number of ether oxygens (including phenoxy) is 1. The van der Waals surface area contributed by atoms with Gasteiger partial charge in [-0.15, -0.1) is 0 Å². The van der Waals surface area contributed by atoms with E-state index in [1.165, 1.54) is 18.6 Å². The number of hydrogen-bond acceptors (Lipinski definition) is 4. The maximum absolute atomic E-state index is 12.6. The Labute approximate surface area is 167 Å². The van der Waals surface area contributed by atoms with E-state index < -0.39 is 10.0 Å². The summed E-state index contributed by atoms with van der Waals surface area (Å²) in [4.78, 5) is 11.3. The van der Waals surface area contributed by atoms with Gasteiger partial charge in [-0.25, -0.2) is 13.1 Å². The summed E-state index contributed by atoms with van der Waals surface area (Å²) in [6.07, 6.45) is 0. The molecule has 6 nitrogen and oxygen atoms in total. The average molecular weight is 405 g/mol. The van der Waals surface area contributed by atoms with Crippen LogP contribution in [0.5, 0.6) is 5.75 Å². The monoisotopic (exact) mass is 404 g/mol. The number of carbonyl (C=O) groups excluding carboxylic acids is 1. The highest BCUT2D eigenvalue weighted by molar-refractivity contribution is 7.89. The molecule has 152 valence electrons. The summed E-state index contributed by atoms with van der Waals surface area (Å²) in [5, 5.41) is 2.59. The Kier molecular flexibility index (Phi) is 6.85. The molecule has 0 aromatic heterocycles. The standard InChI is InChI=1S/C21H28N2O4S/c1-15-6-9-18(23-16(2)24)14-20(15)28(25,26)22-12-13-27-19-10-7-17(8-11-19)21(3,4)5/h6-11,14,22H,12-13H2,1-5H3,(H,23,24). The number of rotatable bonds is 7. The number of benzene rings is 2. The third-order valence-corrected chi connectivity index (χ3v) is 5.78. The van der Waals surface area contributed by atoms with Crippen LogP contribution in [0.2, 0.25) is 0 Å². The van der Waals surface area contributed by atoms with E-state index in [-0.39, 0.29) is 29.4 Å². The Morgan fingerprint density at radius 2 is 1.71 bits per heavy atom. The molecule has 0 atom stereocenters. The summed E-state index contributed by atoms with van der Waals surface area (Å²) in [6.45, 7) is 9.84. The first-order valence-corrected chi connectivity index (χ1v) is 10.6. The normalized spacial score (nSPS) is 11.9. The van der Waals surface area contributed by atoms with Crippen LogP contribution in [0.1, 0.15) is 38.8 Å².